The van der Waals surface area contributed by atoms with Gasteiger partial charge in [0.15, 0.2) is 4.34 Å². The van der Waals surface area contributed by atoms with E-state index in [2.05, 4.69) is 4.98 Å². The summed E-state index contributed by atoms with van der Waals surface area (Å²) in [6.07, 6.45) is 0. The number of benzene rings is 2. The Balaban J connectivity index is 0.00000161. The highest BCUT2D eigenvalue weighted by molar-refractivity contribution is 8.01. The predicted molar refractivity (Wildman–Crippen MR) is 85.2 cm³/mol. The summed E-state index contributed by atoms with van der Waals surface area (Å²) in [5.74, 6) is -1.16. The van der Waals surface area contributed by atoms with E-state index in [9.17, 15) is 9.90 Å². The summed E-state index contributed by atoms with van der Waals surface area (Å²) in [4.78, 5) is 16.3. The molecule has 0 aliphatic carbocycles. The first-order valence-electron chi connectivity index (χ1n) is 5.99. The van der Waals surface area contributed by atoms with Crippen molar-refractivity contribution in [2.24, 2.45) is 0 Å². The minimum atomic E-state index is -1.16. The Morgan fingerprint density at radius 2 is 1.95 bits per heavy atom. The normalized spacial score (nSPS) is 10.3. The van der Waals surface area contributed by atoms with Gasteiger partial charge in [0.05, 0.1) is 16.2 Å². The monoisotopic (exact) mass is 318 g/mol. The second kappa shape index (κ2) is 6.26. The van der Waals surface area contributed by atoms with E-state index in [1.165, 1.54) is 11.8 Å². The quantitative estimate of drug-likeness (QED) is 0.800. The van der Waals surface area contributed by atoms with E-state index in [0.29, 0.717) is 4.90 Å². The number of carbonyl (C=O) groups is 1. The number of aryl methyl sites for hydroxylation is 1. The fourth-order valence-electron chi connectivity index (χ4n) is 1.93. The molecule has 4 nitrogen and oxygen atoms in total. The highest BCUT2D eigenvalue weighted by Crippen LogP contribution is 2.36. The third-order valence-electron chi connectivity index (χ3n) is 2.91. The van der Waals surface area contributed by atoms with E-state index >= 15 is 0 Å². The van der Waals surface area contributed by atoms with Gasteiger partial charge >= 0.3 is 0 Å². The Morgan fingerprint density at radius 3 is 2.67 bits per heavy atom. The molecular formula is C15H14N2O2S2. The van der Waals surface area contributed by atoms with Gasteiger partial charge in [0.1, 0.15) is 0 Å². The molecule has 1 aromatic heterocycles. The van der Waals surface area contributed by atoms with Crippen LogP contribution in [0.3, 0.4) is 0 Å². The summed E-state index contributed by atoms with van der Waals surface area (Å²) in [6.45, 7) is 2.02. The molecule has 0 aliphatic heterocycles. The maximum Gasteiger partial charge on any atom is 0.155 e. The van der Waals surface area contributed by atoms with Crippen LogP contribution in [0.2, 0.25) is 0 Å². The molecule has 2 aromatic carbocycles. The number of hydrogen-bond acceptors (Lipinski definition) is 5. The van der Waals surface area contributed by atoms with E-state index in [1.54, 1.807) is 29.5 Å². The van der Waals surface area contributed by atoms with Crippen molar-refractivity contribution >= 4 is 39.3 Å². The van der Waals surface area contributed by atoms with Crippen LogP contribution >= 0.6 is 23.1 Å². The van der Waals surface area contributed by atoms with Crippen LogP contribution in [-0.4, -0.2) is 11.0 Å². The SMILES string of the molecule is Cc1cccc2sc(Sc3ccccc3C(=O)[O-])nc12.[NH4+]. The van der Waals surface area contributed by atoms with Gasteiger partial charge in [-0.05, 0) is 24.6 Å². The van der Waals surface area contributed by atoms with Crippen LogP contribution in [0.1, 0.15) is 15.9 Å². The summed E-state index contributed by atoms with van der Waals surface area (Å²) in [5.41, 5.74) is 2.30. The number of rotatable bonds is 3. The van der Waals surface area contributed by atoms with Gasteiger partial charge in [-0.2, -0.15) is 0 Å². The number of carboxylic acids is 1. The molecule has 0 atom stereocenters. The lowest BCUT2D eigenvalue weighted by molar-refractivity contribution is -0.255. The van der Waals surface area contributed by atoms with Crippen LogP contribution in [-0.2, 0) is 0 Å². The number of nitrogens with zero attached hydrogens (tertiary/aromatic N) is 1. The number of hydrogen-bond donors (Lipinski definition) is 1. The van der Waals surface area contributed by atoms with Crippen LogP contribution in [0.5, 0.6) is 0 Å². The molecule has 108 valence electrons. The molecule has 0 amide bonds. The van der Waals surface area contributed by atoms with E-state index in [-0.39, 0.29) is 11.7 Å². The van der Waals surface area contributed by atoms with Gasteiger partial charge in [0.2, 0.25) is 0 Å². The Bertz CT molecular complexity index is 799. The Labute approximate surface area is 130 Å². The maximum absolute atomic E-state index is 11.1. The molecule has 4 N–H and O–H groups in total. The molecule has 1 heterocycles. The van der Waals surface area contributed by atoms with Gasteiger partial charge in [-0.25, -0.2) is 4.98 Å². The molecule has 0 unspecified atom stereocenters. The largest absolute Gasteiger partial charge is 0.545 e. The standard InChI is InChI=1S/C15H11NO2S2.H3N/c1-9-5-4-8-12-13(9)16-15(20-12)19-11-7-3-2-6-10(11)14(17)18;/h2-8H,1H3,(H,17,18);1H3. The summed E-state index contributed by atoms with van der Waals surface area (Å²) in [7, 11) is 0. The summed E-state index contributed by atoms with van der Waals surface area (Å²) < 4.78 is 1.95. The van der Waals surface area contributed by atoms with E-state index in [4.69, 9.17) is 0 Å². The zero-order valence-electron chi connectivity index (χ0n) is 11.6. The molecule has 0 aliphatic rings. The van der Waals surface area contributed by atoms with E-state index in [1.807, 2.05) is 31.2 Å². The zero-order chi connectivity index (χ0) is 14.1. The van der Waals surface area contributed by atoms with Crippen molar-refractivity contribution in [3.63, 3.8) is 0 Å². The second-order valence-electron chi connectivity index (χ2n) is 4.29. The maximum atomic E-state index is 11.1. The lowest BCUT2D eigenvalue weighted by Gasteiger charge is -2.07. The molecule has 3 aromatic rings. The van der Waals surface area contributed by atoms with Gasteiger partial charge in [-0.15, -0.1) is 11.3 Å². The highest BCUT2D eigenvalue weighted by atomic mass is 32.2. The number of carboxylic acid groups (broad SMARTS) is 1. The average Bonchev–Trinajstić information content (AvgIpc) is 2.83. The van der Waals surface area contributed by atoms with Crippen LogP contribution < -0.4 is 11.3 Å². The fraction of sp³-hybridized carbons (Fsp3) is 0.0667. The van der Waals surface area contributed by atoms with Crippen molar-refractivity contribution in [3.05, 3.63) is 53.6 Å². The molecule has 0 saturated carbocycles. The molecule has 3 rings (SSSR count). The zero-order valence-corrected chi connectivity index (χ0v) is 13.3. The van der Waals surface area contributed by atoms with Crippen molar-refractivity contribution in [2.45, 2.75) is 16.2 Å². The Kier molecular flexibility index (Phi) is 4.62. The Hall–Kier alpha value is -1.89. The van der Waals surface area contributed by atoms with Gasteiger partial charge in [0.25, 0.3) is 0 Å². The van der Waals surface area contributed by atoms with E-state index < -0.39 is 5.97 Å². The average molecular weight is 318 g/mol. The van der Waals surface area contributed by atoms with Crippen molar-refractivity contribution in [2.75, 3.05) is 0 Å². The minimum absolute atomic E-state index is 0. The highest BCUT2D eigenvalue weighted by Gasteiger charge is 2.10. The molecule has 0 bridgehead atoms. The first kappa shape index (κ1) is 15.5. The predicted octanol–water partition coefficient (Wildman–Crippen LogP) is 3.50. The number of fused-ring (bicyclic) bond motifs is 1. The minimum Gasteiger partial charge on any atom is -0.545 e. The first-order chi connectivity index (χ1) is 9.65. The number of quaternary nitrogens is 1. The smallest absolute Gasteiger partial charge is 0.155 e. The molecule has 0 radical (unpaired) electrons. The van der Waals surface area contributed by atoms with Crippen LogP contribution in [0, 0.1) is 6.92 Å². The lowest BCUT2D eigenvalue weighted by Crippen LogP contribution is -2.22. The number of carbonyl (C=O) groups excluding carboxylic acids is 1. The molecule has 0 fully saturated rings. The summed E-state index contributed by atoms with van der Waals surface area (Å²) >= 11 is 2.93. The molecule has 6 heteroatoms. The molecule has 21 heavy (non-hydrogen) atoms. The van der Waals surface area contributed by atoms with Gasteiger partial charge in [-0.3, -0.25) is 0 Å². The first-order valence-corrected chi connectivity index (χ1v) is 7.63. The number of aromatic carboxylic acids is 1. The fourth-order valence-corrected chi connectivity index (χ4v) is 4.14. The second-order valence-corrected chi connectivity index (χ2v) is 6.61. The van der Waals surface area contributed by atoms with Crippen molar-refractivity contribution in [1.82, 2.24) is 11.1 Å². The van der Waals surface area contributed by atoms with Crippen LogP contribution in [0.4, 0.5) is 0 Å². The van der Waals surface area contributed by atoms with Gasteiger partial charge in [-0.1, -0.05) is 42.1 Å². The molecule has 0 saturated heterocycles. The third-order valence-corrected chi connectivity index (χ3v) is 5.06. The van der Waals surface area contributed by atoms with E-state index in [0.717, 1.165) is 20.1 Å². The topological polar surface area (TPSA) is 89.5 Å². The molecule has 0 spiro atoms. The summed E-state index contributed by atoms with van der Waals surface area (Å²) in [5, 5.41) is 11.1. The van der Waals surface area contributed by atoms with Crippen molar-refractivity contribution < 1.29 is 9.90 Å². The van der Waals surface area contributed by atoms with Gasteiger partial charge < -0.3 is 16.1 Å². The number of thiazole rings is 1. The van der Waals surface area contributed by atoms with Crippen LogP contribution in [0.25, 0.3) is 10.2 Å². The molecular weight excluding hydrogens is 304 g/mol. The lowest BCUT2D eigenvalue weighted by atomic mass is 10.2. The van der Waals surface area contributed by atoms with Crippen molar-refractivity contribution in [1.29, 1.82) is 0 Å². The van der Waals surface area contributed by atoms with Gasteiger partial charge in [0, 0.05) is 10.5 Å². The Morgan fingerprint density at radius 1 is 1.19 bits per heavy atom. The summed E-state index contributed by atoms with van der Waals surface area (Å²) in [6, 6.07) is 12.9. The number of aromatic nitrogens is 1. The van der Waals surface area contributed by atoms with Crippen LogP contribution in [0.15, 0.2) is 51.7 Å². The van der Waals surface area contributed by atoms with Crippen molar-refractivity contribution in [3.8, 4) is 0 Å². The number of para-hydroxylation sites is 1. The third kappa shape index (κ3) is 3.07.